The van der Waals surface area contributed by atoms with Gasteiger partial charge < -0.3 is 28.4 Å². The molecule has 182 valence electrons. The summed E-state index contributed by atoms with van der Waals surface area (Å²) in [5, 5.41) is 1.29. The topological polar surface area (TPSA) is 55.4 Å². The van der Waals surface area contributed by atoms with E-state index >= 15 is 0 Å². The van der Waals surface area contributed by atoms with Gasteiger partial charge in [0.15, 0.2) is 0 Å². The molecule has 0 aliphatic heterocycles. The Kier molecular flexibility index (Phi) is 11.7. The smallest absolute Gasteiger partial charge is 0.120 e. The molecule has 0 unspecified atom stereocenters. The maximum absolute atomic E-state index is 5.92. The van der Waals surface area contributed by atoms with Crippen LogP contribution in [0.4, 0.5) is 0 Å². The van der Waals surface area contributed by atoms with E-state index in [2.05, 4.69) is 0 Å². The van der Waals surface area contributed by atoms with Gasteiger partial charge >= 0.3 is 0 Å². The molecule has 8 heteroatoms. The van der Waals surface area contributed by atoms with Gasteiger partial charge in [-0.2, -0.15) is 0 Å². The van der Waals surface area contributed by atoms with Crippen molar-refractivity contribution in [3.8, 4) is 23.0 Å². The Bertz CT molecular complexity index is 889. The molecule has 6 nitrogen and oxygen atoms in total. The first kappa shape index (κ1) is 26.0. The maximum Gasteiger partial charge on any atom is 0.120 e. The lowest BCUT2D eigenvalue weighted by Gasteiger charge is -2.10. The number of benzene rings is 3. The van der Waals surface area contributed by atoms with Crippen LogP contribution in [0.25, 0.3) is 0 Å². The van der Waals surface area contributed by atoms with Gasteiger partial charge in [0.25, 0.3) is 0 Å². The predicted octanol–water partition coefficient (Wildman–Crippen LogP) is 5.94. The molecular formula is C26H28Cl2O6. The van der Waals surface area contributed by atoms with Crippen molar-refractivity contribution >= 4 is 23.2 Å². The van der Waals surface area contributed by atoms with Gasteiger partial charge in [-0.3, -0.25) is 0 Å². The van der Waals surface area contributed by atoms with Gasteiger partial charge in [-0.15, -0.1) is 0 Å². The Morgan fingerprint density at radius 3 is 1.12 bits per heavy atom. The average Bonchev–Trinajstić information content (AvgIpc) is 2.84. The fraction of sp³-hybridized carbons (Fsp3) is 0.308. The van der Waals surface area contributed by atoms with Crippen molar-refractivity contribution in [3.63, 3.8) is 0 Å². The van der Waals surface area contributed by atoms with Gasteiger partial charge in [-0.25, -0.2) is 0 Å². The van der Waals surface area contributed by atoms with Crippen molar-refractivity contribution < 1.29 is 28.4 Å². The molecule has 3 rings (SSSR count). The Hall–Kier alpha value is -2.64. The first-order valence-corrected chi connectivity index (χ1v) is 11.7. The van der Waals surface area contributed by atoms with Crippen molar-refractivity contribution in [1.29, 1.82) is 0 Å². The summed E-state index contributed by atoms with van der Waals surface area (Å²) in [5.74, 6) is 2.95. The van der Waals surface area contributed by atoms with E-state index in [0.717, 1.165) is 23.0 Å². The third-order valence-electron chi connectivity index (χ3n) is 4.40. The van der Waals surface area contributed by atoms with Gasteiger partial charge in [0.1, 0.15) is 49.4 Å². The summed E-state index contributed by atoms with van der Waals surface area (Å²) < 4.78 is 33.5. The largest absolute Gasteiger partial charge is 0.491 e. The Morgan fingerprint density at radius 2 is 0.765 bits per heavy atom. The molecule has 3 aromatic carbocycles. The number of hydrogen-bond donors (Lipinski definition) is 0. The minimum Gasteiger partial charge on any atom is -0.491 e. The predicted molar refractivity (Wildman–Crippen MR) is 133 cm³/mol. The zero-order chi connectivity index (χ0) is 23.8. The Morgan fingerprint density at radius 1 is 0.412 bits per heavy atom. The van der Waals surface area contributed by atoms with Crippen LogP contribution in [-0.2, 0) is 9.47 Å². The van der Waals surface area contributed by atoms with Crippen molar-refractivity contribution in [1.82, 2.24) is 0 Å². The molecule has 0 radical (unpaired) electrons. The molecule has 0 N–H and O–H groups in total. The molecule has 0 fully saturated rings. The van der Waals surface area contributed by atoms with E-state index in [0.29, 0.717) is 62.9 Å². The summed E-state index contributed by atoms with van der Waals surface area (Å²) in [5.41, 5.74) is 0. The average molecular weight is 507 g/mol. The molecule has 0 amide bonds. The van der Waals surface area contributed by atoms with Gasteiger partial charge in [0.2, 0.25) is 0 Å². The van der Waals surface area contributed by atoms with Crippen molar-refractivity contribution in [2.24, 2.45) is 0 Å². The van der Waals surface area contributed by atoms with E-state index in [-0.39, 0.29) is 0 Å². The van der Waals surface area contributed by atoms with Crippen molar-refractivity contribution in [2.45, 2.75) is 0 Å². The molecule has 0 saturated carbocycles. The zero-order valence-electron chi connectivity index (χ0n) is 18.8. The molecule has 0 bridgehead atoms. The monoisotopic (exact) mass is 506 g/mol. The van der Waals surface area contributed by atoms with Crippen LogP contribution in [0.1, 0.15) is 0 Å². The van der Waals surface area contributed by atoms with Crippen LogP contribution in [0, 0.1) is 0 Å². The number of hydrogen-bond acceptors (Lipinski definition) is 6. The summed E-state index contributed by atoms with van der Waals surface area (Å²) in [6.07, 6.45) is 0. The van der Waals surface area contributed by atoms with E-state index in [1.807, 2.05) is 48.5 Å². The molecule has 0 saturated heterocycles. The van der Waals surface area contributed by atoms with Crippen LogP contribution in [0.15, 0.2) is 72.8 Å². The van der Waals surface area contributed by atoms with Crippen LogP contribution in [0.2, 0.25) is 10.0 Å². The molecule has 34 heavy (non-hydrogen) atoms. The molecule has 0 spiro atoms. The molecular weight excluding hydrogens is 479 g/mol. The number of ether oxygens (including phenoxy) is 6. The fourth-order valence-corrected chi connectivity index (χ4v) is 3.18. The van der Waals surface area contributed by atoms with Gasteiger partial charge in [0, 0.05) is 10.0 Å². The molecule has 0 aliphatic rings. The van der Waals surface area contributed by atoms with Crippen LogP contribution in [-0.4, -0.2) is 52.9 Å². The molecule has 3 aromatic rings. The van der Waals surface area contributed by atoms with E-state index in [9.17, 15) is 0 Å². The van der Waals surface area contributed by atoms with Crippen LogP contribution in [0.5, 0.6) is 23.0 Å². The van der Waals surface area contributed by atoms with E-state index in [1.165, 1.54) is 0 Å². The standard InChI is InChI=1S/C26H28Cl2O6/c27-21-3-1-5-25(19-21)33-17-13-29-11-15-31-23-7-9-24(10-8-23)32-16-12-30-14-18-34-26-6-2-4-22(28)20-26/h1-10,19-20H,11-18H2. The molecule has 0 aromatic heterocycles. The van der Waals surface area contributed by atoms with Crippen molar-refractivity contribution in [3.05, 3.63) is 82.8 Å². The minimum absolute atomic E-state index is 0.447. The van der Waals surface area contributed by atoms with E-state index < -0.39 is 0 Å². The number of halogens is 2. The molecule has 0 aliphatic carbocycles. The summed E-state index contributed by atoms with van der Waals surface area (Å²) in [6.45, 7) is 3.67. The van der Waals surface area contributed by atoms with Crippen LogP contribution >= 0.6 is 23.2 Å². The highest BCUT2D eigenvalue weighted by Gasteiger charge is 1.99. The van der Waals surface area contributed by atoms with Crippen LogP contribution < -0.4 is 18.9 Å². The third-order valence-corrected chi connectivity index (χ3v) is 4.87. The Balaban J connectivity index is 1.17. The zero-order valence-corrected chi connectivity index (χ0v) is 20.3. The quantitative estimate of drug-likeness (QED) is 0.224. The van der Waals surface area contributed by atoms with E-state index in [1.54, 1.807) is 24.3 Å². The van der Waals surface area contributed by atoms with Crippen molar-refractivity contribution in [2.75, 3.05) is 52.9 Å². The normalized spacial score (nSPS) is 10.6. The first-order valence-electron chi connectivity index (χ1n) is 11.0. The SMILES string of the molecule is Clc1cccc(OCCOCCOc2ccc(OCCOCCOc3cccc(Cl)c3)cc2)c1. The fourth-order valence-electron chi connectivity index (χ4n) is 2.82. The second kappa shape index (κ2) is 15.3. The maximum atomic E-state index is 5.92. The van der Waals surface area contributed by atoms with Gasteiger partial charge in [-0.05, 0) is 60.7 Å². The summed E-state index contributed by atoms with van der Waals surface area (Å²) in [7, 11) is 0. The lowest BCUT2D eigenvalue weighted by atomic mass is 10.3. The summed E-state index contributed by atoms with van der Waals surface area (Å²) in [4.78, 5) is 0. The van der Waals surface area contributed by atoms with Gasteiger partial charge in [-0.1, -0.05) is 35.3 Å². The Labute approximate surface area is 210 Å². The number of rotatable bonds is 16. The highest BCUT2D eigenvalue weighted by atomic mass is 35.5. The highest BCUT2D eigenvalue weighted by molar-refractivity contribution is 6.31. The first-order chi connectivity index (χ1) is 16.7. The molecule has 0 heterocycles. The molecule has 0 atom stereocenters. The highest BCUT2D eigenvalue weighted by Crippen LogP contribution is 2.19. The van der Waals surface area contributed by atoms with E-state index in [4.69, 9.17) is 51.6 Å². The second-order valence-electron chi connectivity index (χ2n) is 7.00. The van der Waals surface area contributed by atoms with Gasteiger partial charge in [0.05, 0.1) is 26.4 Å². The lowest BCUT2D eigenvalue weighted by molar-refractivity contribution is 0.0756. The summed E-state index contributed by atoms with van der Waals surface area (Å²) in [6, 6.07) is 22.0. The second-order valence-corrected chi connectivity index (χ2v) is 7.88. The van der Waals surface area contributed by atoms with Crippen LogP contribution in [0.3, 0.4) is 0 Å². The summed E-state index contributed by atoms with van der Waals surface area (Å²) >= 11 is 11.8. The third kappa shape index (κ3) is 10.5. The minimum atomic E-state index is 0.447. The lowest BCUT2D eigenvalue weighted by Crippen LogP contribution is -2.12.